The first-order valence-corrected chi connectivity index (χ1v) is 7.16. The number of nitrogens with one attached hydrogen (secondary N) is 1. The number of para-hydroxylation sites is 1. The van der Waals surface area contributed by atoms with Crippen molar-refractivity contribution < 1.29 is 9.53 Å². The largest absolute Gasteiger partial charge is 0.469 e. The molecule has 0 unspecified atom stereocenters. The maximum atomic E-state index is 11.7. The van der Waals surface area contributed by atoms with Crippen molar-refractivity contribution in [1.82, 2.24) is 9.88 Å². The van der Waals surface area contributed by atoms with E-state index in [4.69, 9.17) is 4.74 Å². The predicted molar refractivity (Wildman–Crippen MR) is 76.3 cm³/mol. The number of benzene rings is 1. The zero-order chi connectivity index (χ0) is 13.7. The standard InChI is InChI=1S/C16H18N2O2/c1-20-16(19)10-6-11-7-13-12-4-2-3-5-14(12)17-15(13)9-18(11)8-10/h2-5,10-11,17H,6-9H2,1H3/t10-,11+/m0/s1. The molecule has 4 nitrogen and oxygen atoms in total. The average Bonchev–Trinajstić information content (AvgIpc) is 3.04. The molecule has 2 atom stereocenters. The molecule has 1 N–H and O–H groups in total. The molecule has 0 spiro atoms. The van der Waals surface area contributed by atoms with Crippen molar-refractivity contribution in [2.24, 2.45) is 5.92 Å². The van der Waals surface area contributed by atoms with Crippen molar-refractivity contribution in [3.05, 3.63) is 35.5 Å². The number of carbonyl (C=O) groups excluding carboxylic acids is 1. The van der Waals surface area contributed by atoms with Gasteiger partial charge in [0.1, 0.15) is 0 Å². The zero-order valence-electron chi connectivity index (χ0n) is 11.6. The molecule has 4 rings (SSSR count). The maximum Gasteiger partial charge on any atom is 0.310 e. The number of aromatic amines is 1. The van der Waals surface area contributed by atoms with Crippen LogP contribution in [0.15, 0.2) is 24.3 Å². The fraction of sp³-hybridized carbons (Fsp3) is 0.438. The third kappa shape index (κ3) is 1.68. The van der Waals surface area contributed by atoms with Crippen molar-refractivity contribution in [3.8, 4) is 0 Å². The summed E-state index contributed by atoms with van der Waals surface area (Å²) >= 11 is 0. The van der Waals surface area contributed by atoms with Gasteiger partial charge in [-0.2, -0.15) is 0 Å². The molecule has 2 aliphatic heterocycles. The molecule has 0 amide bonds. The van der Waals surface area contributed by atoms with E-state index >= 15 is 0 Å². The van der Waals surface area contributed by atoms with Crippen LogP contribution in [0.1, 0.15) is 17.7 Å². The summed E-state index contributed by atoms with van der Waals surface area (Å²) in [6.07, 6.45) is 1.96. The molecule has 104 valence electrons. The molecule has 1 saturated heterocycles. The summed E-state index contributed by atoms with van der Waals surface area (Å²) in [5, 5.41) is 1.34. The first-order valence-electron chi connectivity index (χ1n) is 7.16. The van der Waals surface area contributed by atoms with Gasteiger partial charge >= 0.3 is 5.97 Å². The van der Waals surface area contributed by atoms with Gasteiger partial charge in [0.15, 0.2) is 0 Å². The normalized spacial score (nSPS) is 25.4. The van der Waals surface area contributed by atoms with Crippen molar-refractivity contribution in [2.45, 2.75) is 25.4 Å². The monoisotopic (exact) mass is 270 g/mol. The summed E-state index contributed by atoms with van der Waals surface area (Å²) in [6.45, 7) is 1.74. The second-order valence-electron chi connectivity index (χ2n) is 5.87. The summed E-state index contributed by atoms with van der Waals surface area (Å²) in [6, 6.07) is 8.96. The summed E-state index contributed by atoms with van der Waals surface area (Å²) in [4.78, 5) is 17.7. The molecular weight excluding hydrogens is 252 g/mol. The van der Waals surface area contributed by atoms with Gasteiger partial charge in [0.25, 0.3) is 0 Å². The molecule has 4 heteroatoms. The summed E-state index contributed by atoms with van der Waals surface area (Å²) in [5.41, 5.74) is 3.98. The molecule has 1 fully saturated rings. The van der Waals surface area contributed by atoms with Gasteiger partial charge in [-0.1, -0.05) is 18.2 Å². The lowest BCUT2D eigenvalue weighted by Crippen LogP contribution is -2.35. The molecule has 2 aliphatic rings. The molecule has 1 aromatic heterocycles. The average molecular weight is 270 g/mol. The van der Waals surface area contributed by atoms with Crippen LogP contribution in [-0.4, -0.2) is 35.5 Å². The third-order valence-electron chi connectivity index (χ3n) is 4.77. The quantitative estimate of drug-likeness (QED) is 0.807. The Morgan fingerprint density at radius 2 is 2.25 bits per heavy atom. The van der Waals surface area contributed by atoms with Gasteiger partial charge in [0.2, 0.25) is 0 Å². The van der Waals surface area contributed by atoms with E-state index < -0.39 is 0 Å². The lowest BCUT2D eigenvalue weighted by atomic mass is 9.95. The number of nitrogens with zero attached hydrogens (tertiary/aromatic N) is 1. The molecule has 0 bridgehead atoms. The highest BCUT2D eigenvalue weighted by atomic mass is 16.5. The van der Waals surface area contributed by atoms with Crippen LogP contribution in [0.2, 0.25) is 0 Å². The van der Waals surface area contributed by atoms with Crippen LogP contribution in [0.5, 0.6) is 0 Å². The van der Waals surface area contributed by atoms with E-state index in [-0.39, 0.29) is 11.9 Å². The van der Waals surface area contributed by atoms with Crippen LogP contribution in [-0.2, 0) is 22.5 Å². The Morgan fingerprint density at radius 1 is 1.40 bits per heavy atom. The van der Waals surface area contributed by atoms with Crippen molar-refractivity contribution in [3.63, 3.8) is 0 Å². The molecule has 0 saturated carbocycles. The first-order chi connectivity index (χ1) is 9.76. The Hall–Kier alpha value is -1.81. The lowest BCUT2D eigenvalue weighted by molar-refractivity contribution is -0.144. The number of hydrogen-bond acceptors (Lipinski definition) is 3. The number of methoxy groups -OCH3 is 1. The minimum absolute atomic E-state index is 0.0419. The van der Waals surface area contributed by atoms with E-state index in [2.05, 4.69) is 34.1 Å². The highest BCUT2D eigenvalue weighted by Crippen LogP contribution is 2.36. The fourth-order valence-corrected chi connectivity index (χ4v) is 3.79. The minimum atomic E-state index is -0.0621. The number of fused-ring (bicyclic) bond motifs is 4. The number of esters is 1. The van der Waals surface area contributed by atoms with E-state index in [9.17, 15) is 4.79 Å². The fourth-order valence-electron chi connectivity index (χ4n) is 3.79. The molecule has 20 heavy (non-hydrogen) atoms. The summed E-state index contributed by atoms with van der Waals surface area (Å²) < 4.78 is 4.90. The smallest absolute Gasteiger partial charge is 0.310 e. The molecule has 2 aromatic rings. The Balaban J connectivity index is 1.66. The van der Waals surface area contributed by atoms with Gasteiger partial charge < -0.3 is 9.72 Å². The van der Waals surface area contributed by atoms with E-state index in [0.29, 0.717) is 6.04 Å². The number of hydrogen-bond donors (Lipinski definition) is 1. The number of rotatable bonds is 1. The van der Waals surface area contributed by atoms with Gasteiger partial charge in [-0.25, -0.2) is 0 Å². The second-order valence-corrected chi connectivity index (χ2v) is 5.87. The van der Waals surface area contributed by atoms with Crippen molar-refractivity contribution in [1.29, 1.82) is 0 Å². The van der Waals surface area contributed by atoms with Crippen molar-refractivity contribution in [2.75, 3.05) is 13.7 Å². The van der Waals surface area contributed by atoms with Gasteiger partial charge in [-0.05, 0) is 24.5 Å². The van der Waals surface area contributed by atoms with Crippen molar-refractivity contribution >= 4 is 16.9 Å². The van der Waals surface area contributed by atoms with E-state index in [1.807, 2.05) is 0 Å². The summed E-state index contributed by atoms with van der Waals surface area (Å²) in [7, 11) is 1.48. The highest BCUT2D eigenvalue weighted by molar-refractivity contribution is 5.85. The van der Waals surface area contributed by atoms with Crippen LogP contribution >= 0.6 is 0 Å². The van der Waals surface area contributed by atoms with Gasteiger partial charge in [0.05, 0.1) is 13.0 Å². The Bertz CT molecular complexity index is 676. The molecule has 1 aromatic carbocycles. The zero-order valence-corrected chi connectivity index (χ0v) is 11.6. The van der Waals surface area contributed by atoms with Gasteiger partial charge in [-0.15, -0.1) is 0 Å². The highest BCUT2D eigenvalue weighted by Gasteiger charge is 2.40. The SMILES string of the molecule is COC(=O)[C@H]1C[C@@H]2Cc3c([nH]c4ccccc34)CN2C1. The van der Waals surface area contributed by atoms with Crippen LogP contribution in [0.4, 0.5) is 0 Å². The number of aromatic nitrogens is 1. The van der Waals surface area contributed by atoms with Crippen LogP contribution < -0.4 is 0 Å². The maximum absolute atomic E-state index is 11.7. The lowest BCUT2D eigenvalue weighted by Gasteiger charge is -2.29. The number of carbonyl (C=O) groups is 1. The third-order valence-corrected chi connectivity index (χ3v) is 4.77. The first kappa shape index (κ1) is 12.0. The molecular formula is C16H18N2O2. The molecule has 0 aliphatic carbocycles. The van der Waals surface area contributed by atoms with Crippen LogP contribution in [0.3, 0.4) is 0 Å². The van der Waals surface area contributed by atoms with Gasteiger partial charge in [0, 0.05) is 35.7 Å². The predicted octanol–water partition coefficient (Wildman–Crippen LogP) is 2.09. The number of H-pyrrole nitrogens is 1. The minimum Gasteiger partial charge on any atom is -0.469 e. The van der Waals surface area contributed by atoms with Crippen LogP contribution in [0, 0.1) is 5.92 Å². The molecule has 0 radical (unpaired) electrons. The van der Waals surface area contributed by atoms with Gasteiger partial charge in [-0.3, -0.25) is 9.69 Å². The Morgan fingerprint density at radius 3 is 3.10 bits per heavy atom. The topological polar surface area (TPSA) is 45.3 Å². The Kier molecular flexibility index (Phi) is 2.60. The van der Waals surface area contributed by atoms with E-state index in [0.717, 1.165) is 25.9 Å². The summed E-state index contributed by atoms with van der Waals surface area (Å²) in [5.74, 6) is -0.0202. The Labute approximate surface area is 117 Å². The van der Waals surface area contributed by atoms with Crippen LogP contribution in [0.25, 0.3) is 10.9 Å². The van der Waals surface area contributed by atoms with E-state index in [1.54, 1.807) is 0 Å². The molecule has 3 heterocycles. The second kappa shape index (κ2) is 4.35. The van der Waals surface area contributed by atoms with E-state index in [1.165, 1.54) is 29.3 Å². The number of ether oxygens (including phenoxy) is 1.